The SMILES string of the molecule is CN(C(=O)CCCCCCC(=O)O)c1ccc(C#N)cc1. The van der Waals surface area contributed by atoms with Crippen LogP contribution in [-0.4, -0.2) is 24.0 Å². The lowest BCUT2D eigenvalue weighted by molar-refractivity contribution is -0.137. The lowest BCUT2D eigenvalue weighted by atomic mass is 10.1. The Bertz CT molecular complexity index is 517. The number of hydrogen-bond acceptors (Lipinski definition) is 3. The third-order valence-corrected chi connectivity index (χ3v) is 3.29. The van der Waals surface area contributed by atoms with E-state index in [-0.39, 0.29) is 12.3 Å². The zero-order valence-corrected chi connectivity index (χ0v) is 12.2. The second kappa shape index (κ2) is 8.75. The molecular formula is C16H20N2O3. The van der Waals surface area contributed by atoms with Gasteiger partial charge in [0.15, 0.2) is 0 Å². The van der Waals surface area contributed by atoms with Crippen LogP contribution in [0.3, 0.4) is 0 Å². The van der Waals surface area contributed by atoms with E-state index in [1.165, 1.54) is 0 Å². The van der Waals surface area contributed by atoms with Crippen molar-refractivity contribution in [2.45, 2.75) is 38.5 Å². The van der Waals surface area contributed by atoms with Gasteiger partial charge < -0.3 is 10.0 Å². The molecule has 112 valence electrons. The first-order valence-corrected chi connectivity index (χ1v) is 7.03. The Morgan fingerprint density at radius 3 is 2.19 bits per heavy atom. The first kappa shape index (κ1) is 16.7. The Morgan fingerprint density at radius 1 is 1.10 bits per heavy atom. The molecule has 1 aromatic rings. The fraction of sp³-hybridized carbons (Fsp3) is 0.438. The summed E-state index contributed by atoms with van der Waals surface area (Å²) in [4.78, 5) is 23.9. The van der Waals surface area contributed by atoms with Gasteiger partial charge in [-0.2, -0.15) is 5.26 Å². The second-order valence-electron chi connectivity index (χ2n) is 4.92. The number of nitrogens with zero attached hydrogens (tertiary/aromatic N) is 2. The fourth-order valence-corrected chi connectivity index (χ4v) is 1.98. The molecule has 0 atom stereocenters. The largest absolute Gasteiger partial charge is 0.481 e. The van der Waals surface area contributed by atoms with Crippen LogP contribution in [-0.2, 0) is 9.59 Å². The number of anilines is 1. The van der Waals surface area contributed by atoms with Gasteiger partial charge in [-0.1, -0.05) is 12.8 Å². The minimum Gasteiger partial charge on any atom is -0.481 e. The van der Waals surface area contributed by atoms with Gasteiger partial charge in [-0.15, -0.1) is 0 Å². The Morgan fingerprint density at radius 2 is 1.67 bits per heavy atom. The summed E-state index contributed by atoms with van der Waals surface area (Å²) in [5.41, 5.74) is 1.34. The Balaban J connectivity index is 2.30. The third-order valence-electron chi connectivity index (χ3n) is 3.29. The van der Waals surface area contributed by atoms with E-state index < -0.39 is 5.97 Å². The van der Waals surface area contributed by atoms with E-state index in [9.17, 15) is 9.59 Å². The van der Waals surface area contributed by atoms with Crippen LogP contribution in [0.2, 0.25) is 0 Å². The van der Waals surface area contributed by atoms with Crippen molar-refractivity contribution in [1.82, 2.24) is 0 Å². The molecule has 0 aliphatic rings. The van der Waals surface area contributed by atoms with Gasteiger partial charge >= 0.3 is 5.97 Å². The van der Waals surface area contributed by atoms with Crippen LogP contribution >= 0.6 is 0 Å². The van der Waals surface area contributed by atoms with E-state index in [1.807, 2.05) is 6.07 Å². The Hall–Kier alpha value is -2.35. The number of carbonyl (C=O) groups excluding carboxylic acids is 1. The van der Waals surface area contributed by atoms with E-state index >= 15 is 0 Å². The molecule has 0 spiro atoms. The van der Waals surface area contributed by atoms with Crippen molar-refractivity contribution in [3.63, 3.8) is 0 Å². The molecule has 5 nitrogen and oxygen atoms in total. The quantitative estimate of drug-likeness (QED) is 0.746. The molecule has 0 aliphatic carbocycles. The van der Waals surface area contributed by atoms with Crippen LogP contribution in [0.25, 0.3) is 0 Å². The zero-order chi connectivity index (χ0) is 15.7. The highest BCUT2D eigenvalue weighted by molar-refractivity contribution is 5.92. The van der Waals surface area contributed by atoms with Crippen LogP contribution in [0.1, 0.15) is 44.1 Å². The topological polar surface area (TPSA) is 81.4 Å². The first-order chi connectivity index (χ1) is 10.0. The summed E-state index contributed by atoms with van der Waals surface area (Å²) in [6.45, 7) is 0. The van der Waals surface area contributed by atoms with E-state index in [0.717, 1.165) is 24.9 Å². The maximum Gasteiger partial charge on any atom is 0.303 e. The Kier molecular flexibility index (Phi) is 6.96. The standard InChI is InChI=1S/C16H20N2O3/c1-18(14-10-8-13(12-17)9-11-14)15(19)6-4-2-3-5-7-16(20)21/h8-11H,2-7H2,1H3,(H,20,21). The molecular weight excluding hydrogens is 268 g/mol. The van der Waals surface area contributed by atoms with Crippen molar-refractivity contribution in [3.05, 3.63) is 29.8 Å². The minimum absolute atomic E-state index is 0.0259. The van der Waals surface area contributed by atoms with Crippen LogP contribution in [0.4, 0.5) is 5.69 Å². The van der Waals surface area contributed by atoms with Crippen LogP contribution in [0.5, 0.6) is 0 Å². The third kappa shape index (κ3) is 6.09. The van der Waals surface area contributed by atoms with Gasteiger partial charge in [-0.25, -0.2) is 0 Å². The molecule has 0 aromatic heterocycles. The average molecular weight is 288 g/mol. The summed E-state index contributed by atoms with van der Waals surface area (Å²) in [6, 6.07) is 8.92. The molecule has 0 unspecified atom stereocenters. The smallest absolute Gasteiger partial charge is 0.303 e. The molecule has 0 saturated heterocycles. The summed E-state index contributed by atoms with van der Waals surface area (Å²) in [5.74, 6) is -0.746. The number of nitriles is 1. The predicted octanol–water partition coefficient (Wildman–Crippen LogP) is 2.95. The van der Waals surface area contributed by atoms with E-state index in [0.29, 0.717) is 18.4 Å². The lowest BCUT2D eigenvalue weighted by Crippen LogP contribution is -2.25. The number of aliphatic carboxylic acids is 1. The van der Waals surface area contributed by atoms with Crippen molar-refractivity contribution in [2.75, 3.05) is 11.9 Å². The first-order valence-electron chi connectivity index (χ1n) is 7.03. The minimum atomic E-state index is -0.772. The molecule has 0 saturated carbocycles. The number of unbranched alkanes of at least 4 members (excludes halogenated alkanes) is 3. The number of carboxylic acid groups (broad SMARTS) is 1. The maximum absolute atomic E-state index is 12.0. The molecule has 0 radical (unpaired) electrons. The van der Waals surface area contributed by atoms with Crippen molar-refractivity contribution < 1.29 is 14.7 Å². The van der Waals surface area contributed by atoms with E-state index in [4.69, 9.17) is 10.4 Å². The van der Waals surface area contributed by atoms with Crippen molar-refractivity contribution in [3.8, 4) is 6.07 Å². The molecule has 21 heavy (non-hydrogen) atoms. The molecule has 0 bridgehead atoms. The molecule has 1 amide bonds. The van der Waals surface area contributed by atoms with Crippen LogP contribution < -0.4 is 4.90 Å². The highest BCUT2D eigenvalue weighted by atomic mass is 16.4. The van der Waals surface area contributed by atoms with E-state index in [1.54, 1.807) is 36.2 Å². The van der Waals surface area contributed by atoms with Crippen molar-refractivity contribution in [1.29, 1.82) is 5.26 Å². The van der Waals surface area contributed by atoms with Gasteiger partial charge in [-0.3, -0.25) is 9.59 Å². The number of carboxylic acids is 1. The van der Waals surface area contributed by atoms with Gasteiger partial charge in [-0.05, 0) is 37.1 Å². The van der Waals surface area contributed by atoms with Gasteiger partial charge in [0.05, 0.1) is 11.6 Å². The molecule has 5 heteroatoms. The molecule has 1 aromatic carbocycles. The summed E-state index contributed by atoms with van der Waals surface area (Å²) in [7, 11) is 1.72. The predicted molar refractivity (Wildman–Crippen MR) is 79.9 cm³/mol. The lowest BCUT2D eigenvalue weighted by Gasteiger charge is -2.17. The number of hydrogen-bond donors (Lipinski definition) is 1. The molecule has 1 N–H and O–H groups in total. The van der Waals surface area contributed by atoms with Gasteiger partial charge in [0.1, 0.15) is 0 Å². The van der Waals surface area contributed by atoms with Gasteiger partial charge in [0, 0.05) is 25.6 Å². The second-order valence-corrected chi connectivity index (χ2v) is 4.92. The highest BCUT2D eigenvalue weighted by Crippen LogP contribution is 2.15. The highest BCUT2D eigenvalue weighted by Gasteiger charge is 2.10. The van der Waals surface area contributed by atoms with Crippen molar-refractivity contribution in [2.24, 2.45) is 0 Å². The van der Waals surface area contributed by atoms with E-state index in [2.05, 4.69) is 0 Å². The molecule has 0 fully saturated rings. The van der Waals surface area contributed by atoms with Crippen LogP contribution in [0.15, 0.2) is 24.3 Å². The molecule has 0 heterocycles. The van der Waals surface area contributed by atoms with Crippen LogP contribution in [0, 0.1) is 11.3 Å². The monoisotopic (exact) mass is 288 g/mol. The van der Waals surface area contributed by atoms with Crippen molar-refractivity contribution >= 4 is 17.6 Å². The number of amides is 1. The van der Waals surface area contributed by atoms with Gasteiger partial charge in [0.25, 0.3) is 0 Å². The number of benzene rings is 1. The summed E-state index contributed by atoms with van der Waals surface area (Å²) >= 11 is 0. The Labute approximate surface area is 124 Å². The number of rotatable bonds is 8. The summed E-state index contributed by atoms with van der Waals surface area (Å²) < 4.78 is 0. The summed E-state index contributed by atoms with van der Waals surface area (Å²) in [6.07, 6.45) is 3.76. The normalized spacial score (nSPS) is 9.90. The number of carbonyl (C=O) groups is 2. The molecule has 0 aliphatic heterocycles. The summed E-state index contributed by atoms with van der Waals surface area (Å²) in [5, 5.41) is 17.2. The maximum atomic E-state index is 12.0. The fourth-order valence-electron chi connectivity index (χ4n) is 1.98. The average Bonchev–Trinajstić information content (AvgIpc) is 2.49. The molecule has 1 rings (SSSR count). The van der Waals surface area contributed by atoms with Gasteiger partial charge in [0.2, 0.25) is 5.91 Å². The zero-order valence-electron chi connectivity index (χ0n) is 12.2.